The Morgan fingerprint density at radius 3 is 2.48 bits per heavy atom. The summed E-state index contributed by atoms with van der Waals surface area (Å²) in [5.74, 6) is -0.707. The van der Waals surface area contributed by atoms with Gasteiger partial charge in [-0.15, -0.1) is 0 Å². The van der Waals surface area contributed by atoms with E-state index in [0.717, 1.165) is 5.56 Å². The van der Waals surface area contributed by atoms with Crippen LogP contribution in [0.25, 0.3) is 17.7 Å². The summed E-state index contributed by atoms with van der Waals surface area (Å²) < 4.78 is 19.3. The van der Waals surface area contributed by atoms with E-state index < -0.39 is 11.8 Å². The number of esters is 1. The Bertz CT molecular complexity index is 1130. The molecule has 5 heteroatoms. The zero-order valence-corrected chi connectivity index (χ0v) is 15.9. The SMILES string of the molecule is N#C/C(=C/c1cccc(OC(=O)/C=C/c2ccc(Cl)cc2)c1)c1ccccc1F. The van der Waals surface area contributed by atoms with Gasteiger partial charge in [-0.2, -0.15) is 5.26 Å². The Hall–Kier alpha value is -3.68. The van der Waals surface area contributed by atoms with Crippen LogP contribution in [0.4, 0.5) is 4.39 Å². The highest BCUT2D eigenvalue weighted by atomic mass is 35.5. The molecule has 0 aliphatic heterocycles. The third-order valence-corrected chi connectivity index (χ3v) is 4.21. The number of hydrogen-bond acceptors (Lipinski definition) is 3. The van der Waals surface area contributed by atoms with Crippen molar-refractivity contribution in [1.29, 1.82) is 5.26 Å². The van der Waals surface area contributed by atoms with Crippen LogP contribution >= 0.6 is 11.6 Å². The van der Waals surface area contributed by atoms with Crippen molar-refractivity contribution in [2.45, 2.75) is 0 Å². The van der Waals surface area contributed by atoms with Gasteiger partial charge in [0.2, 0.25) is 0 Å². The molecule has 3 nitrogen and oxygen atoms in total. The van der Waals surface area contributed by atoms with Gasteiger partial charge in [-0.25, -0.2) is 9.18 Å². The van der Waals surface area contributed by atoms with Crippen LogP contribution < -0.4 is 4.74 Å². The van der Waals surface area contributed by atoms with Crippen molar-refractivity contribution in [3.63, 3.8) is 0 Å². The minimum atomic E-state index is -0.546. The molecular weight excluding hydrogens is 389 g/mol. The van der Waals surface area contributed by atoms with Crippen molar-refractivity contribution in [2.75, 3.05) is 0 Å². The largest absolute Gasteiger partial charge is 0.423 e. The lowest BCUT2D eigenvalue weighted by Gasteiger charge is -2.04. The topological polar surface area (TPSA) is 50.1 Å². The van der Waals surface area contributed by atoms with Crippen LogP contribution in [0.15, 0.2) is 78.9 Å². The van der Waals surface area contributed by atoms with E-state index >= 15 is 0 Å². The summed E-state index contributed by atoms with van der Waals surface area (Å²) in [6.07, 6.45) is 4.47. The zero-order valence-electron chi connectivity index (χ0n) is 15.2. The van der Waals surface area contributed by atoms with Gasteiger partial charge in [0.15, 0.2) is 0 Å². The molecule has 0 spiro atoms. The number of ether oxygens (including phenoxy) is 1. The first-order valence-corrected chi connectivity index (χ1v) is 9.05. The van der Waals surface area contributed by atoms with E-state index in [1.807, 2.05) is 6.07 Å². The smallest absolute Gasteiger partial charge is 0.336 e. The molecule has 0 bridgehead atoms. The molecule has 0 heterocycles. The average Bonchev–Trinajstić information content (AvgIpc) is 2.72. The second-order valence-electron chi connectivity index (χ2n) is 6.03. The summed E-state index contributed by atoms with van der Waals surface area (Å²) >= 11 is 5.83. The first-order chi connectivity index (χ1) is 14.0. The summed E-state index contributed by atoms with van der Waals surface area (Å²) in [5.41, 5.74) is 1.81. The Morgan fingerprint density at radius 2 is 1.76 bits per heavy atom. The molecule has 0 saturated heterocycles. The predicted molar refractivity (Wildman–Crippen MR) is 112 cm³/mol. The third kappa shape index (κ3) is 5.65. The fraction of sp³-hybridized carbons (Fsp3) is 0. The Labute approximate surface area is 172 Å². The molecule has 0 aliphatic rings. The highest BCUT2D eigenvalue weighted by molar-refractivity contribution is 6.30. The van der Waals surface area contributed by atoms with E-state index in [0.29, 0.717) is 16.3 Å². The Morgan fingerprint density at radius 1 is 1.00 bits per heavy atom. The Kier molecular flexibility index (Phi) is 6.57. The molecule has 0 aliphatic carbocycles. The molecule has 0 fully saturated rings. The normalized spacial score (nSPS) is 11.3. The van der Waals surface area contributed by atoms with Gasteiger partial charge in [-0.1, -0.05) is 54.1 Å². The zero-order chi connectivity index (χ0) is 20.6. The molecule has 0 unspecified atom stereocenters. The van der Waals surface area contributed by atoms with Crippen LogP contribution in [0.2, 0.25) is 5.02 Å². The molecule has 0 atom stereocenters. The highest BCUT2D eigenvalue weighted by Crippen LogP contribution is 2.22. The second kappa shape index (κ2) is 9.50. The van der Waals surface area contributed by atoms with E-state index in [-0.39, 0.29) is 11.1 Å². The first-order valence-electron chi connectivity index (χ1n) is 8.67. The lowest BCUT2D eigenvalue weighted by atomic mass is 10.0. The van der Waals surface area contributed by atoms with Gasteiger partial charge in [0, 0.05) is 16.7 Å². The van der Waals surface area contributed by atoms with Crippen LogP contribution in [-0.2, 0) is 4.79 Å². The number of halogens is 2. The van der Waals surface area contributed by atoms with E-state index in [9.17, 15) is 14.4 Å². The van der Waals surface area contributed by atoms with Gasteiger partial charge in [-0.3, -0.25) is 0 Å². The molecule has 3 aromatic rings. The van der Waals surface area contributed by atoms with Gasteiger partial charge < -0.3 is 4.74 Å². The fourth-order valence-corrected chi connectivity index (χ4v) is 2.70. The number of allylic oxidation sites excluding steroid dienone is 1. The number of benzene rings is 3. The van der Waals surface area contributed by atoms with Gasteiger partial charge in [0.05, 0.1) is 11.6 Å². The van der Waals surface area contributed by atoms with Gasteiger partial charge in [-0.05, 0) is 53.6 Å². The maximum Gasteiger partial charge on any atom is 0.336 e. The number of nitrogens with zero attached hydrogens (tertiary/aromatic N) is 1. The van der Waals surface area contributed by atoms with Crippen molar-refractivity contribution in [1.82, 2.24) is 0 Å². The van der Waals surface area contributed by atoms with Crippen molar-refractivity contribution < 1.29 is 13.9 Å². The molecule has 0 radical (unpaired) electrons. The van der Waals surface area contributed by atoms with E-state index in [1.165, 1.54) is 18.2 Å². The van der Waals surface area contributed by atoms with E-state index in [1.54, 1.807) is 72.8 Å². The third-order valence-electron chi connectivity index (χ3n) is 3.95. The van der Waals surface area contributed by atoms with Crippen molar-refractivity contribution >= 4 is 35.3 Å². The van der Waals surface area contributed by atoms with Crippen LogP contribution in [0.1, 0.15) is 16.7 Å². The number of carbonyl (C=O) groups is 1. The van der Waals surface area contributed by atoms with E-state index in [4.69, 9.17) is 16.3 Å². The molecule has 3 aromatic carbocycles. The molecule has 29 heavy (non-hydrogen) atoms. The maximum atomic E-state index is 14.0. The monoisotopic (exact) mass is 403 g/mol. The summed E-state index contributed by atoms with van der Waals surface area (Å²) in [5, 5.41) is 10.0. The lowest BCUT2D eigenvalue weighted by Crippen LogP contribution is -2.03. The molecule has 3 rings (SSSR count). The maximum absolute atomic E-state index is 14.0. The molecular formula is C24H15ClFNO2. The van der Waals surface area contributed by atoms with Gasteiger partial charge in [0.1, 0.15) is 11.6 Å². The molecule has 0 aromatic heterocycles. The summed E-state index contributed by atoms with van der Waals surface area (Å²) in [4.78, 5) is 12.1. The van der Waals surface area contributed by atoms with Crippen LogP contribution in [-0.4, -0.2) is 5.97 Å². The number of hydrogen-bond donors (Lipinski definition) is 0. The standard InChI is InChI=1S/C24H15ClFNO2/c25-20-11-8-17(9-12-20)10-13-24(28)29-21-5-3-4-18(15-21)14-19(16-27)22-6-1-2-7-23(22)26/h1-15H/b13-10+,19-14-. The predicted octanol–water partition coefficient (Wildman–Crippen LogP) is 6.16. The summed E-state index contributed by atoms with van der Waals surface area (Å²) in [6, 6.07) is 21.7. The number of rotatable bonds is 5. The molecule has 142 valence electrons. The minimum Gasteiger partial charge on any atom is -0.423 e. The lowest BCUT2D eigenvalue weighted by molar-refractivity contribution is -0.128. The minimum absolute atomic E-state index is 0.175. The van der Waals surface area contributed by atoms with Crippen molar-refractivity contribution in [3.8, 4) is 11.8 Å². The summed E-state index contributed by atoms with van der Waals surface area (Å²) in [6.45, 7) is 0. The highest BCUT2D eigenvalue weighted by Gasteiger charge is 2.07. The van der Waals surface area contributed by atoms with Crippen LogP contribution in [0, 0.1) is 17.1 Å². The number of carbonyl (C=O) groups excluding carboxylic acids is 1. The number of nitriles is 1. The molecule has 0 N–H and O–H groups in total. The Balaban J connectivity index is 1.75. The van der Waals surface area contributed by atoms with Gasteiger partial charge in [0.25, 0.3) is 0 Å². The molecule has 0 saturated carbocycles. The average molecular weight is 404 g/mol. The fourth-order valence-electron chi connectivity index (χ4n) is 2.57. The second-order valence-corrected chi connectivity index (χ2v) is 6.46. The van der Waals surface area contributed by atoms with Gasteiger partial charge >= 0.3 is 5.97 Å². The van der Waals surface area contributed by atoms with Crippen molar-refractivity contribution in [3.05, 3.63) is 106 Å². The van der Waals surface area contributed by atoms with Crippen molar-refractivity contribution in [2.24, 2.45) is 0 Å². The van der Waals surface area contributed by atoms with Crippen LogP contribution in [0.3, 0.4) is 0 Å². The van der Waals surface area contributed by atoms with Crippen LogP contribution in [0.5, 0.6) is 5.75 Å². The first kappa shape index (κ1) is 20.1. The molecule has 0 amide bonds. The summed E-state index contributed by atoms with van der Waals surface area (Å²) in [7, 11) is 0. The quantitative estimate of drug-likeness (QED) is 0.168. The van der Waals surface area contributed by atoms with E-state index in [2.05, 4.69) is 0 Å².